The first-order chi connectivity index (χ1) is 4.30. The fraction of sp³-hybridized carbons (Fsp3) is 1.00. The van der Waals surface area contributed by atoms with E-state index in [0.717, 1.165) is 13.2 Å². The van der Waals surface area contributed by atoms with Gasteiger partial charge in [0.2, 0.25) is 0 Å². The lowest BCUT2D eigenvalue weighted by atomic mass is 10.1. The summed E-state index contributed by atoms with van der Waals surface area (Å²) < 4.78 is 7.50. The molecule has 1 rings (SSSR count). The third-order valence-corrected chi connectivity index (χ3v) is 2.43. The minimum absolute atomic E-state index is 0.652. The second kappa shape index (κ2) is 3.73. The smallest absolute Gasteiger partial charge is 0.0629 e. The van der Waals surface area contributed by atoms with Gasteiger partial charge in [-0.1, -0.05) is 0 Å². The van der Waals surface area contributed by atoms with E-state index in [0.29, 0.717) is 6.04 Å². The van der Waals surface area contributed by atoms with Crippen molar-refractivity contribution < 1.29 is 4.74 Å². The standard InChI is InChI=1S/C6H12INO/c1-8(7)6-3-2-4-9-5-6/h6H,2-5H2,1H3. The van der Waals surface area contributed by atoms with E-state index in [1.807, 2.05) is 0 Å². The van der Waals surface area contributed by atoms with Crippen molar-refractivity contribution in [1.82, 2.24) is 3.11 Å². The highest BCUT2D eigenvalue weighted by Crippen LogP contribution is 2.14. The maximum atomic E-state index is 5.30. The lowest BCUT2D eigenvalue weighted by Crippen LogP contribution is -2.32. The molecule has 0 aromatic carbocycles. The summed E-state index contributed by atoms with van der Waals surface area (Å²) in [5.41, 5.74) is 0. The van der Waals surface area contributed by atoms with E-state index in [-0.39, 0.29) is 0 Å². The molecule has 1 saturated heterocycles. The van der Waals surface area contributed by atoms with Gasteiger partial charge in [-0.15, -0.1) is 0 Å². The minimum atomic E-state index is 0.652. The van der Waals surface area contributed by atoms with Crippen molar-refractivity contribution in [3.05, 3.63) is 0 Å². The maximum Gasteiger partial charge on any atom is 0.0629 e. The summed E-state index contributed by atoms with van der Waals surface area (Å²) in [7, 11) is 2.10. The van der Waals surface area contributed by atoms with Crippen molar-refractivity contribution in [2.75, 3.05) is 20.3 Å². The SMILES string of the molecule is CN(I)C1CCCOC1. The van der Waals surface area contributed by atoms with Gasteiger partial charge in [0, 0.05) is 35.5 Å². The largest absolute Gasteiger partial charge is 0.380 e. The molecule has 0 aliphatic carbocycles. The second-order valence-corrected chi connectivity index (χ2v) is 3.92. The Balaban J connectivity index is 2.23. The normalized spacial score (nSPS) is 29.0. The van der Waals surface area contributed by atoms with E-state index in [1.54, 1.807) is 0 Å². The number of hydrogen-bond acceptors (Lipinski definition) is 2. The second-order valence-electron chi connectivity index (χ2n) is 2.40. The van der Waals surface area contributed by atoms with Gasteiger partial charge in [-0.25, -0.2) is 3.11 Å². The molecule has 1 atom stereocenters. The van der Waals surface area contributed by atoms with Crippen LogP contribution in [-0.2, 0) is 4.74 Å². The van der Waals surface area contributed by atoms with Gasteiger partial charge in [0.25, 0.3) is 0 Å². The van der Waals surface area contributed by atoms with Crippen LogP contribution < -0.4 is 0 Å². The van der Waals surface area contributed by atoms with Gasteiger partial charge >= 0.3 is 0 Å². The van der Waals surface area contributed by atoms with E-state index in [9.17, 15) is 0 Å². The molecule has 1 aliphatic heterocycles. The summed E-state index contributed by atoms with van der Waals surface area (Å²) in [6, 6.07) is 0.652. The van der Waals surface area contributed by atoms with Crippen LogP contribution in [-0.4, -0.2) is 29.4 Å². The summed E-state index contributed by atoms with van der Waals surface area (Å²) >= 11 is 2.32. The lowest BCUT2D eigenvalue weighted by Gasteiger charge is -2.26. The van der Waals surface area contributed by atoms with Crippen molar-refractivity contribution in [3.63, 3.8) is 0 Å². The molecule has 2 nitrogen and oxygen atoms in total. The molecule has 9 heavy (non-hydrogen) atoms. The Morgan fingerprint density at radius 3 is 2.78 bits per heavy atom. The summed E-state index contributed by atoms with van der Waals surface area (Å²) in [4.78, 5) is 0. The zero-order chi connectivity index (χ0) is 6.69. The first-order valence-electron chi connectivity index (χ1n) is 3.27. The van der Waals surface area contributed by atoms with Gasteiger partial charge < -0.3 is 4.74 Å². The van der Waals surface area contributed by atoms with Gasteiger partial charge in [-0.05, 0) is 19.9 Å². The van der Waals surface area contributed by atoms with Crippen molar-refractivity contribution in [3.8, 4) is 0 Å². The van der Waals surface area contributed by atoms with Crippen molar-refractivity contribution in [2.45, 2.75) is 18.9 Å². The van der Waals surface area contributed by atoms with E-state index in [4.69, 9.17) is 4.74 Å². The third-order valence-electron chi connectivity index (χ3n) is 1.64. The molecule has 0 aromatic rings. The fourth-order valence-corrected chi connectivity index (χ4v) is 1.44. The monoisotopic (exact) mass is 241 g/mol. The van der Waals surface area contributed by atoms with E-state index in [2.05, 4.69) is 33.0 Å². The molecule has 0 radical (unpaired) electrons. The predicted molar refractivity (Wildman–Crippen MR) is 45.6 cm³/mol. The summed E-state index contributed by atoms with van der Waals surface area (Å²) in [5, 5.41) is 0. The molecule has 0 amide bonds. The maximum absolute atomic E-state index is 5.30. The molecule has 1 aliphatic rings. The highest BCUT2D eigenvalue weighted by Gasteiger charge is 2.15. The molecule has 1 heterocycles. The molecule has 54 valence electrons. The summed E-state index contributed by atoms with van der Waals surface area (Å²) in [5.74, 6) is 0. The van der Waals surface area contributed by atoms with E-state index < -0.39 is 0 Å². The quantitative estimate of drug-likeness (QED) is 0.509. The van der Waals surface area contributed by atoms with Gasteiger partial charge in [-0.2, -0.15) is 0 Å². The van der Waals surface area contributed by atoms with Crippen LogP contribution in [0.25, 0.3) is 0 Å². The molecule has 0 saturated carbocycles. The zero-order valence-corrected chi connectivity index (χ0v) is 7.80. The molecular formula is C6H12INO. The number of halogens is 1. The highest BCUT2D eigenvalue weighted by atomic mass is 127. The molecule has 0 spiro atoms. The van der Waals surface area contributed by atoms with Gasteiger partial charge in [-0.3, -0.25) is 0 Å². The van der Waals surface area contributed by atoms with Crippen LogP contribution in [0.5, 0.6) is 0 Å². The van der Waals surface area contributed by atoms with Crippen LogP contribution in [0.15, 0.2) is 0 Å². The number of hydrogen-bond donors (Lipinski definition) is 0. The lowest BCUT2D eigenvalue weighted by molar-refractivity contribution is 0.0578. The van der Waals surface area contributed by atoms with E-state index in [1.165, 1.54) is 12.8 Å². The molecule has 0 N–H and O–H groups in total. The van der Waals surface area contributed by atoms with Crippen LogP contribution in [0.2, 0.25) is 0 Å². The van der Waals surface area contributed by atoms with Crippen molar-refractivity contribution in [1.29, 1.82) is 0 Å². The first kappa shape index (κ1) is 7.75. The fourth-order valence-electron chi connectivity index (χ4n) is 1.00. The average Bonchev–Trinajstić information content (AvgIpc) is 1.90. The molecule has 1 unspecified atom stereocenters. The minimum Gasteiger partial charge on any atom is -0.380 e. The number of ether oxygens (including phenoxy) is 1. The molecule has 3 heteroatoms. The van der Waals surface area contributed by atoms with Crippen LogP contribution >= 0.6 is 22.9 Å². The Hall–Kier alpha value is 0.650. The van der Waals surface area contributed by atoms with Gasteiger partial charge in [0.15, 0.2) is 0 Å². The highest BCUT2D eigenvalue weighted by molar-refractivity contribution is 14.1. The molecule has 0 aromatic heterocycles. The van der Waals surface area contributed by atoms with Crippen LogP contribution in [0.3, 0.4) is 0 Å². The average molecular weight is 241 g/mol. The first-order valence-corrected chi connectivity index (χ1v) is 4.23. The number of likely N-dealkylation sites (N-methyl/N-ethyl adjacent to an activating group) is 1. The predicted octanol–water partition coefficient (Wildman–Crippen LogP) is 1.45. The van der Waals surface area contributed by atoms with Crippen LogP contribution in [0.4, 0.5) is 0 Å². The summed E-state index contributed by atoms with van der Waals surface area (Å²) in [6.07, 6.45) is 2.51. The number of nitrogens with zero attached hydrogens (tertiary/aromatic N) is 1. The summed E-state index contributed by atoms with van der Waals surface area (Å²) in [6.45, 7) is 1.88. The van der Waals surface area contributed by atoms with Crippen molar-refractivity contribution in [2.24, 2.45) is 0 Å². The van der Waals surface area contributed by atoms with Gasteiger partial charge in [0.05, 0.1) is 6.61 Å². The van der Waals surface area contributed by atoms with Crippen LogP contribution in [0.1, 0.15) is 12.8 Å². The van der Waals surface area contributed by atoms with Crippen LogP contribution in [0, 0.1) is 0 Å². The molecule has 0 bridgehead atoms. The van der Waals surface area contributed by atoms with Crippen molar-refractivity contribution >= 4 is 22.9 Å². The Morgan fingerprint density at radius 1 is 1.67 bits per heavy atom. The van der Waals surface area contributed by atoms with E-state index >= 15 is 0 Å². The zero-order valence-electron chi connectivity index (χ0n) is 5.64. The number of rotatable bonds is 1. The van der Waals surface area contributed by atoms with Gasteiger partial charge in [0.1, 0.15) is 0 Å². The topological polar surface area (TPSA) is 12.5 Å². The molecule has 1 fully saturated rings. The Morgan fingerprint density at radius 2 is 2.44 bits per heavy atom. The Kier molecular flexibility index (Phi) is 3.21. The Bertz CT molecular complexity index is 81.1. The molecular weight excluding hydrogens is 229 g/mol. The Labute approximate surface area is 70.0 Å². The third kappa shape index (κ3) is 2.39.